The van der Waals surface area contributed by atoms with Crippen LogP contribution in [0.2, 0.25) is 5.02 Å². The molecule has 0 aliphatic heterocycles. The first-order chi connectivity index (χ1) is 11.0. The average molecular weight is 335 g/mol. The third-order valence-electron chi connectivity index (χ3n) is 2.99. The zero-order valence-corrected chi connectivity index (χ0v) is 13.3. The van der Waals surface area contributed by atoms with Gasteiger partial charge in [-0.15, -0.1) is 0 Å². The second-order valence-corrected chi connectivity index (χ2v) is 5.05. The van der Waals surface area contributed by atoms with E-state index in [9.17, 15) is 9.59 Å². The summed E-state index contributed by atoms with van der Waals surface area (Å²) < 4.78 is 10.3. The highest BCUT2D eigenvalue weighted by Gasteiger charge is 2.20. The summed E-state index contributed by atoms with van der Waals surface area (Å²) in [5.74, 6) is -0.642. The summed E-state index contributed by atoms with van der Waals surface area (Å²) in [5.41, 5.74) is 0.719. The van der Waals surface area contributed by atoms with E-state index in [1.54, 1.807) is 18.2 Å². The molecular formula is C16H15ClN2O4. The third-order valence-corrected chi connectivity index (χ3v) is 3.22. The van der Waals surface area contributed by atoms with Gasteiger partial charge in [-0.3, -0.25) is 9.78 Å². The smallest absolute Gasteiger partial charge is 0.339 e. The van der Waals surface area contributed by atoms with Crippen molar-refractivity contribution in [1.29, 1.82) is 0 Å². The Bertz CT molecular complexity index is 706. The van der Waals surface area contributed by atoms with Crippen LogP contribution in [-0.2, 0) is 9.53 Å². The Hall–Kier alpha value is -2.60. The molecule has 1 heterocycles. The molecule has 0 aliphatic carbocycles. The van der Waals surface area contributed by atoms with Crippen molar-refractivity contribution in [2.24, 2.45) is 0 Å². The van der Waals surface area contributed by atoms with Crippen molar-refractivity contribution in [3.63, 3.8) is 0 Å². The molecule has 0 saturated carbocycles. The van der Waals surface area contributed by atoms with E-state index in [0.29, 0.717) is 22.0 Å². The van der Waals surface area contributed by atoms with Crippen LogP contribution in [0, 0.1) is 0 Å². The number of nitrogens with one attached hydrogen (secondary N) is 1. The predicted molar refractivity (Wildman–Crippen MR) is 85.7 cm³/mol. The largest absolute Gasteiger partial charge is 0.495 e. The van der Waals surface area contributed by atoms with Gasteiger partial charge in [0, 0.05) is 17.4 Å². The van der Waals surface area contributed by atoms with Crippen LogP contribution in [0.3, 0.4) is 0 Å². The van der Waals surface area contributed by atoms with Crippen molar-refractivity contribution in [3.05, 3.63) is 53.3 Å². The number of hydrogen-bond donors (Lipinski definition) is 1. The number of pyridine rings is 1. The Kier molecular flexibility index (Phi) is 5.54. The lowest BCUT2D eigenvalue weighted by Gasteiger charge is -2.15. The summed E-state index contributed by atoms with van der Waals surface area (Å²) in [7, 11) is 1.48. The third kappa shape index (κ3) is 4.43. The molecule has 0 bridgehead atoms. The molecule has 1 atom stereocenters. The lowest BCUT2D eigenvalue weighted by Crippen LogP contribution is -2.30. The zero-order chi connectivity index (χ0) is 16.8. The van der Waals surface area contributed by atoms with Crippen LogP contribution in [-0.4, -0.2) is 30.1 Å². The number of carbonyl (C=O) groups is 2. The first kappa shape index (κ1) is 16.8. The van der Waals surface area contributed by atoms with Crippen molar-refractivity contribution < 1.29 is 19.1 Å². The topological polar surface area (TPSA) is 77.5 Å². The molecule has 0 fully saturated rings. The fourth-order valence-corrected chi connectivity index (χ4v) is 1.95. The average Bonchev–Trinajstić information content (AvgIpc) is 2.55. The molecule has 1 amide bonds. The van der Waals surface area contributed by atoms with Crippen molar-refractivity contribution in [3.8, 4) is 5.75 Å². The summed E-state index contributed by atoms with van der Waals surface area (Å²) in [4.78, 5) is 27.9. The van der Waals surface area contributed by atoms with Gasteiger partial charge in [0.15, 0.2) is 6.10 Å². The molecule has 2 aromatic rings. The van der Waals surface area contributed by atoms with Crippen molar-refractivity contribution >= 4 is 29.2 Å². The van der Waals surface area contributed by atoms with Gasteiger partial charge in [0.2, 0.25) is 0 Å². The molecule has 6 nitrogen and oxygen atoms in total. The Labute approximate surface area is 138 Å². The Balaban J connectivity index is 2.03. The number of benzene rings is 1. The molecule has 7 heteroatoms. The molecule has 0 saturated heterocycles. The van der Waals surface area contributed by atoms with E-state index in [1.165, 1.54) is 38.6 Å². The highest BCUT2D eigenvalue weighted by atomic mass is 35.5. The number of aromatic nitrogens is 1. The monoisotopic (exact) mass is 334 g/mol. The quantitative estimate of drug-likeness (QED) is 0.851. The number of hydrogen-bond acceptors (Lipinski definition) is 5. The number of methoxy groups -OCH3 is 1. The molecule has 0 unspecified atom stereocenters. The summed E-state index contributed by atoms with van der Waals surface area (Å²) in [5, 5.41) is 3.07. The molecule has 0 radical (unpaired) electrons. The van der Waals surface area contributed by atoms with Crippen molar-refractivity contribution in [1.82, 2.24) is 4.98 Å². The van der Waals surface area contributed by atoms with E-state index in [4.69, 9.17) is 21.1 Å². The van der Waals surface area contributed by atoms with Gasteiger partial charge in [-0.25, -0.2) is 4.79 Å². The molecule has 2 rings (SSSR count). The minimum atomic E-state index is -0.987. The minimum absolute atomic E-state index is 0.319. The van der Waals surface area contributed by atoms with E-state index in [0.717, 1.165) is 0 Å². The molecule has 23 heavy (non-hydrogen) atoms. The number of carbonyl (C=O) groups excluding carboxylic acids is 2. The van der Waals surface area contributed by atoms with Gasteiger partial charge >= 0.3 is 5.97 Å². The van der Waals surface area contributed by atoms with E-state index in [1.807, 2.05) is 0 Å². The number of amides is 1. The first-order valence-corrected chi connectivity index (χ1v) is 7.14. The van der Waals surface area contributed by atoms with Gasteiger partial charge < -0.3 is 14.8 Å². The first-order valence-electron chi connectivity index (χ1n) is 6.76. The SMILES string of the molecule is COc1ccc(Cl)cc1NC(=O)[C@H](C)OC(=O)c1ccncc1. The fourth-order valence-electron chi connectivity index (χ4n) is 1.78. The Morgan fingerprint density at radius 1 is 1.22 bits per heavy atom. The van der Waals surface area contributed by atoms with E-state index in [-0.39, 0.29) is 0 Å². The summed E-state index contributed by atoms with van der Waals surface area (Å²) in [6.45, 7) is 1.48. The number of nitrogens with zero attached hydrogens (tertiary/aromatic N) is 1. The van der Waals surface area contributed by atoms with Gasteiger partial charge in [0.05, 0.1) is 18.4 Å². The number of anilines is 1. The van der Waals surface area contributed by atoms with Gasteiger partial charge in [-0.2, -0.15) is 0 Å². The van der Waals surface area contributed by atoms with Crippen LogP contribution in [0.15, 0.2) is 42.7 Å². The minimum Gasteiger partial charge on any atom is -0.495 e. The second kappa shape index (κ2) is 7.60. The maximum atomic E-state index is 12.2. The highest BCUT2D eigenvalue weighted by molar-refractivity contribution is 6.31. The number of halogens is 1. The molecular weight excluding hydrogens is 320 g/mol. The molecule has 1 aromatic heterocycles. The standard InChI is InChI=1S/C16H15ClN2O4/c1-10(23-16(21)11-5-7-18-8-6-11)15(20)19-13-9-12(17)3-4-14(13)22-2/h3-10H,1-2H3,(H,19,20)/t10-/m0/s1. The lowest BCUT2D eigenvalue weighted by molar-refractivity contribution is -0.123. The summed E-state index contributed by atoms with van der Waals surface area (Å²) >= 11 is 5.90. The van der Waals surface area contributed by atoms with Gasteiger partial charge in [-0.1, -0.05) is 11.6 Å². The maximum Gasteiger partial charge on any atom is 0.339 e. The number of esters is 1. The van der Waals surface area contributed by atoms with Crippen LogP contribution in [0.1, 0.15) is 17.3 Å². The van der Waals surface area contributed by atoms with E-state index in [2.05, 4.69) is 10.3 Å². The zero-order valence-electron chi connectivity index (χ0n) is 12.6. The molecule has 0 aliphatic rings. The van der Waals surface area contributed by atoms with E-state index >= 15 is 0 Å². The Morgan fingerprint density at radius 3 is 2.57 bits per heavy atom. The molecule has 1 N–H and O–H groups in total. The number of rotatable bonds is 5. The van der Waals surface area contributed by atoms with Crippen LogP contribution in [0.5, 0.6) is 5.75 Å². The second-order valence-electron chi connectivity index (χ2n) is 4.62. The van der Waals surface area contributed by atoms with Gasteiger partial charge in [0.25, 0.3) is 5.91 Å². The van der Waals surface area contributed by atoms with Gasteiger partial charge in [-0.05, 0) is 37.3 Å². The van der Waals surface area contributed by atoms with Crippen LogP contribution in [0.25, 0.3) is 0 Å². The molecule has 0 spiro atoms. The van der Waals surface area contributed by atoms with Gasteiger partial charge in [0.1, 0.15) is 5.75 Å². The number of ether oxygens (including phenoxy) is 2. The van der Waals surface area contributed by atoms with Crippen molar-refractivity contribution in [2.75, 3.05) is 12.4 Å². The summed E-state index contributed by atoms with van der Waals surface area (Å²) in [6, 6.07) is 7.84. The maximum absolute atomic E-state index is 12.2. The molecule has 1 aromatic carbocycles. The van der Waals surface area contributed by atoms with Crippen LogP contribution in [0.4, 0.5) is 5.69 Å². The Morgan fingerprint density at radius 2 is 1.91 bits per heavy atom. The normalized spacial score (nSPS) is 11.4. The summed E-state index contributed by atoms with van der Waals surface area (Å²) in [6.07, 6.45) is 1.95. The van der Waals surface area contributed by atoms with E-state index < -0.39 is 18.0 Å². The highest BCUT2D eigenvalue weighted by Crippen LogP contribution is 2.27. The predicted octanol–water partition coefficient (Wildman–Crippen LogP) is 2.93. The van der Waals surface area contributed by atoms with Crippen LogP contribution < -0.4 is 10.1 Å². The fraction of sp³-hybridized carbons (Fsp3) is 0.188. The lowest BCUT2D eigenvalue weighted by atomic mass is 10.2. The van der Waals surface area contributed by atoms with Crippen molar-refractivity contribution in [2.45, 2.75) is 13.0 Å². The molecule has 120 valence electrons. The van der Waals surface area contributed by atoms with Crippen LogP contribution >= 0.6 is 11.6 Å².